The molecule has 1 aromatic rings. The number of hydrogen-bond acceptors (Lipinski definition) is 4. The predicted octanol–water partition coefficient (Wildman–Crippen LogP) is 2.89. The van der Waals surface area contributed by atoms with E-state index in [2.05, 4.69) is 10.4 Å². The Labute approximate surface area is 101 Å². The summed E-state index contributed by atoms with van der Waals surface area (Å²) < 4.78 is 1.68. The van der Waals surface area contributed by atoms with Crippen molar-refractivity contribution >= 4 is 11.5 Å². The minimum absolute atomic E-state index is 0.0824. The number of anilines is 1. The summed E-state index contributed by atoms with van der Waals surface area (Å²) in [5.74, 6) is 0.511. The summed E-state index contributed by atoms with van der Waals surface area (Å²) in [7, 11) is 0. The molecular weight excluding hydrogens is 220 g/mol. The van der Waals surface area contributed by atoms with Gasteiger partial charge in [-0.15, -0.1) is 0 Å². The van der Waals surface area contributed by atoms with E-state index < -0.39 is 0 Å². The zero-order valence-electron chi connectivity index (χ0n) is 11.0. The third-order valence-corrected chi connectivity index (χ3v) is 2.72. The summed E-state index contributed by atoms with van der Waals surface area (Å²) >= 11 is 0. The highest BCUT2D eigenvalue weighted by Crippen LogP contribution is 2.31. The fourth-order valence-corrected chi connectivity index (χ4v) is 1.60. The van der Waals surface area contributed by atoms with Gasteiger partial charge in [0, 0.05) is 12.1 Å². The van der Waals surface area contributed by atoms with E-state index in [0.717, 1.165) is 6.42 Å². The van der Waals surface area contributed by atoms with Gasteiger partial charge < -0.3 is 5.32 Å². The van der Waals surface area contributed by atoms with Gasteiger partial charge in [0.25, 0.3) is 0 Å². The minimum atomic E-state index is -0.369. The van der Waals surface area contributed by atoms with Crippen molar-refractivity contribution < 1.29 is 4.92 Å². The van der Waals surface area contributed by atoms with E-state index in [1.807, 2.05) is 27.7 Å². The second-order valence-corrected chi connectivity index (χ2v) is 4.53. The van der Waals surface area contributed by atoms with Crippen LogP contribution in [-0.4, -0.2) is 20.7 Å². The zero-order chi connectivity index (χ0) is 13.2. The lowest BCUT2D eigenvalue weighted by atomic mass is 10.2. The Morgan fingerprint density at radius 1 is 1.47 bits per heavy atom. The van der Waals surface area contributed by atoms with Crippen LogP contribution in [0, 0.1) is 17.0 Å². The summed E-state index contributed by atoms with van der Waals surface area (Å²) in [6.45, 7) is 9.61. The summed E-state index contributed by atoms with van der Waals surface area (Å²) in [6.07, 6.45) is 0.902. The molecule has 0 spiro atoms. The van der Waals surface area contributed by atoms with Crippen molar-refractivity contribution in [2.45, 2.75) is 53.1 Å². The van der Waals surface area contributed by atoms with Crippen molar-refractivity contribution in [2.24, 2.45) is 0 Å². The second-order valence-electron chi connectivity index (χ2n) is 4.53. The Kier molecular flexibility index (Phi) is 4.09. The first-order chi connectivity index (χ1) is 7.88. The fraction of sp³-hybridized carbons (Fsp3) is 0.727. The molecular formula is C11H20N4O2. The Balaban J connectivity index is 3.25. The molecule has 1 unspecified atom stereocenters. The van der Waals surface area contributed by atoms with Crippen LogP contribution < -0.4 is 5.32 Å². The number of nitrogens with zero attached hydrogens (tertiary/aromatic N) is 3. The van der Waals surface area contributed by atoms with Crippen LogP contribution in [-0.2, 0) is 0 Å². The highest BCUT2D eigenvalue weighted by Gasteiger charge is 2.26. The van der Waals surface area contributed by atoms with Crippen molar-refractivity contribution in [3.63, 3.8) is 0 Å². The van der Waals surface area contributed by atoms with Gasteiger partial charge >= 0.3 is 5.69 Å². The van der Waals surface area contributed by atoms with Gasteiger partial charge in [0.05, 0.1) is 4.92 Å². The van der Waals surface area contributed by atoms with Crippen LogP contribution in [0.15, 0.2) is 0 Å². The molecule has 0 aliphatic carbocycles. The molecule has 0 aliphatic heterocycles. The second kappa shape index (κ2) is 5.16. The molecule has 96 valence electrons. The standard InChI is InChI=1S/C11H20N4O2/c1-6-8(4)12-11-10(15(16)17)9(5)13-14(11)7(2)3/h7-8,12H,6H2,1-5H3. The molecule has 0 saturated carbocycles. The highest BCUT2D eigenvalue weighted by atomic mass is 16.6. The van der Waals surface area contributed by atoms with Crippen LogP contribution in [0.5, 0.6) is 0 Å². The Morgan fingerprint density at radius 2 is 2.06 bits per heavy atom. The van der Waals surface area contributed by atoms with Crippen molar-refractivity contribution in [2.75, 3.05) is 5.32 Å². The summed E-state index contributed by atoms with van der Waals surface area (Å²) in [5, 5.41) is 18.5. The molecule has 17 heavy (non-hydrogen) atoms. The van der Waals surface area contributed by atoms with E-state index in [4.69, 9.17) is 0 Å². The molecule has 6 heteroatoms. The van der Waals surface area contributed by atoms with Crippen LogP contribution in [0.25, 0.3) is 0 Å². The van der Waals surface area contributed by atoms with E-state index in [0.29, 0.717) is 11.5 Å². The maximum atomic E-state index is 11.1. The van der Waals surface area contributed by atoms with E-state index >= 15 is 0 Å². The quantitative estimate of drug-likeness (QED) is 0.634. The molecule has 0 aromatic carbocycles. The minimum Gasteiger partial charge on any atom is -0.362 e. The fourth-order valence-electron chi connectivity index (χ4n) is 1.60. The van der Waals surface area contributed by atoms with Gasteiger partial charge in [-0.25, -0.2) is 4.68 Å². The largest absolute Gasteiger partial charge is 0.362 e. The SMILES string of the molecule is CCC(C)Nc1c([N+](=O)[O-])c(C)nn1C(C)C. The molecule has 1 atom stereocenters. The van der Waals surface area contributed by atoms with Crippen LogP contribution >= 0.6 is 0 Å². The van der Waals surface area contributed by atoms with Gasteiger partial charge in [0.15, 0.2) is 0 Å². The Hall–Kier alpha value is -1.59. The molecule has 6 nitrogen and oxygen atoms in total. The predicted molar refractivity (Wildman–Crippen MR) is 67.4 cm³/mol. The van der Waals surface area contributed by atoms with Crippen molar-refractivity contribution in [1.82, 2.24) is 9.78 Å². The highest BCUT2D eigenvalue weighted by molar-refractivity contribution is 5.60. The van der Waals surface area contributed by atoms with Crippen molar-refractivity contribution in [1.29, 1.82) is 0 Å². The molecule has 0 amide bonds. The van der Waals surface area contributed by atoms with Crippen LogP contribution in [0.4, 0.5) is 11.5 Å². The molecule has 0 aliphatic rings. The maximum Gasteiger partial charge on any atom is 0.333 e. The number of aromatic nitrogens is 2. The third kappa shape index (κ3) is 2.75. The lowest BCUT2D eigenvalue weighted by Gasteiger charge is -2.15. The first kappa shape index (κ1) is 13.5. The third-order valence-electron chi connectivity index (χ3n) is 2.72. The summed E-state index contributed by atoms with van der Waals surface area (Å²) in [6, 6.07) is 0.274. The zero-order valence-corrected chi connectivity index (χ0v) is 11.0. The van der Waals surface area contributed by atoms with E-state index in [1.54, 1.807) is 11.6 Å². The van der Waals surface area contributed by atoms with Crippen LogP contribution in [0.3, 0.4) is 0 Å². The molecule has 0 radical (unpaired) electrons. The molecule has 0 fully saturated rings. The van der Waals surface area contributed by atoms with Crippen LogP contribution in [0.2, 0.25) is 0 Å². The topological polar surface area (TPSA) is 73.0 Å². The first-order valence-electron chi connectivity index (χ1n) is 5.88. The van der Waals surface area contributed by atoms with Gasteiger partial charge in [-0.3, -0.25) is 10.1 Å². The Morgan fingerprint density at radius 3 is 2.47 bits per heavy atom. The van der Waals surface area contributed by atoms with E-state index in [9.17, 15) is 10.1 Å². The van der Waals surface area contributed by atoms with Crippen molar-refractivity contribution in [3.8, 4) is 0 Å². The number of nitrogens with one attached hydrogen (secondary N) is 1. The average Bonchev–Trinajstić information content (AvgIpc) is 2.55. The van der Waals surface area contributed by atoms with Gasteiger partial charge in [-0.2, -0.15) is 5.10 Å². The van der Waals surface area contributed by atoms with Gasteiger partial charge in [-0.05, 0) is 34.1 Å². The molecule has 0 saturated heterocycles. The first-order valence-corrected chi connectivity index (χ1v) is 5.88. The van der Waals surface area contributed by atoms with E-state index in [1.165, 1.54) is 0 Å². The Bertz CT molecular complexity index is 412. The van der Waals surface area contributed by atoms with E-state index in [-0.39, 0.29) is 22.7 Å². The van der Waals surface area contributed by atoms with Gasteiger partial charge in [0.1, 0.15) is 5.69 Å². The number of rotatable bonds is 5. The molecule has 1 N–H and O–H groups in total. The van der Waals surface area contributed by atoms with Crippen LogP contribution in [0.1, 0.15) is 45.9 Å². The van der Waals surface area contributed by atoms with Crippen molar-refractivity contribution in [3.05, 3.63) is 15.8 Å². The summed E-state index contributed by atoms with van der Waals surface area (Å²) in [4.78, 5) is 10.7. The van der Waals surface area contributed by atoms with Gasteiger partial charge in [-0.1, -0.05) is 6.92 Å². The number of nitro groups is 1. The molecule has 0 bridgehead atoms. The summed E-state index contributed by atoms with van der Waals surface area (Å²) in [5.41, 5.74) is 0.536. The average molecular weight is 240 g/mol. The lowest BCUT2D eigenvalue weighted by Crippen LogP contribution is -2.18. The smallest absolute Gasteiger partial charge is 0.333 e. The molecule has 1 aromatic heterocycles. The lowest BCUT2D eigenvalue weighted by molar-refractivity contribution is -0.384. The normalized spacial score (nSPS) is 12.8. The number of hydrogen-bond donors (Lipinski definition) is 1. The number of aryl methyl sites for hydroxylation is 1. The molecule has 1 heterocycles. The molecule has 1 rings (SSSR count). The monoisotopic (exact) mass is 240 g/mol. The van der Waals surface area contributed by atoms with Gasteiger partial charge in [0.2, 0.25) is 5.82 Å². The maximum absolute atomic E-state index is 11.1.